The van der Waals surface area contributed by atoms with Crippen molar-refractivity contribution in [2.75, 3.05) is 14.1 Å². The summed E-state index contributed by atoms with van der Waals surface area (Å²) in [4.78, 5) is 24.3. The molecule has 0 unspecified atom stereocenters. The molecule has 0 bridgehead atoms. The molecule has 0 radical (unpaired) electrons. The van der Waals surface area contributed by atoms with Gasteiger partial charge in [-0.2, -0.15) is 0 Å². The lowest BCUT2D eigenvalue weighted by atomic mass is 10.1. The summed E-state index contributed by atoms with van der Waals surface area (Å²) >= 11 is 0. The molecule has 86 valence electrons. The third-order valence-electron chi connectivity index (χ3n) is 1.98. The molecule has 0 heterocycles. The van der Waals surface area contributed by atoms with E-state index in [0.717, 1.165) is 0 Å². The van der Waals surface area contributed by atoms with Gasteiger partial charge in [0.15, 0.2) is 0 Å². The summed E-state index contributed by atoms with van der Waals surface area (Å²) < 4.78 is 0. The van der Waals surface area contributed by atoms with E-state index in [1.165, 1.54) is 23.1 Å². The molecule has 6 nitrogen and oxygen atoms in total. The molecule has 1 rings (SSSR count). The maximum Gasteiger partial charge on any atom is 0.304 e. The van der Waals surface area contributed by atoms with Crippen LogP contribution in [0.4, 0.5) is 0 Å². The van der Waals surface area contributed by atoms with Crippen molar-refractivity contribution in [3.8, 4) is 0 Å². The fourth-order valence-electron chi connectivity index (χ4n) is 1.20. The molecule has 0 aliphatic heterocycles. The normalized spacial score (nSPS) is 9.75. The fourth-order valence-corrected chi connectivity index (χ4v) is 1.20. The summed E-state index contributed by atoms with van der Waals surface area (Å²) in [5.74, 6) is -1.43. The van der Waals surface area contributed by atoms with Gasteiger partial charge in [-0.3, -0.25) is 20.0 Å². The zero-order chi connectivity index (χ0) is 12.3. The number of carbonyl (C=O) groups is 2. The highest BCUT2D eigenvalue weighted by Gasteiger charge is 2.20. The van der Waals surface area contributed by atoms with E-state index in [-0.39, 0.29) is 17.0 Å². The van der Waals surface area contributed by atoms with Crippen LogP contribution >= 0.6 is 0 Å². The van der Waals surface area contributed by atoms with E-state index in [1.807, 2.05) is 0 Å². The molecule has 0 spiro atoms. The van der Waals surface area contributed by atoms with E-state index in [0.29, 0.717) is 0 Å². The number of hydrogen-bond donors (Lipinski definition) is 2. The van der Waals surface area contributed by atoms with Gasteiger partial charge in [0.1, 0.15) is 0 Å². The van der Waals surface area contributed by atoms with Gasteiger partial charge in [0.25, 0.3) is 5.91 Å². The van der Waals surface area contributed by atoms with Crippen LogP contribution in [0.1, 0.15) is 20.7 Å². The van der Waals surface area contributed by atoms with Crippen LogP contribution in [0.25, 0.3) is 0 Å². The lowest BCUT2D eigenvalue weighted by Gasteiger charge is -2.14. The van der Waals surface area contributed by atoms with Crippen LogP contribution in [-0.4, -0.2) is 46.5 Å². The van der Waals surface area contributed by atoms with Gasteiger partial charge in [-0.15, -0.1) is 0 Å². The molecule has 0 atom stereocenters. The molecule has 0 saturated carbocycles. The average Bonchev–Trinajstić information content (AvgIpc) is 2.26. The minimum absolute atomic E-state index is 0.0637. The zero-order valence-electron chi connectivity index (χ0n) is 8.91. The predicted molar refractivity (Wildman–Crippen MR) is 54.2 cm³/mol. The molecular formula is C10H12N2O4. The second-order valence-electron chi connectivity index (χ2n) is 3.34. The molecular weight excluding hydrogens is 212 g/mol. The maximum absolute atomic E-state index is 11.7. The molecule has 1 aromatic rings. The minimum atomic E-state index is -1.05. The van der Waals surface area contributed by atoms with Crippen LogP contribution in [0.3, 0.4) is 0 Å². The van der Waals surface area contributed by atoms with Gasteiger partial charge in [0, 0.05) is 14.1 Å². The van der Waals surface area contributed by atoms with E-state index in [4.69, 9.17) is 10.4 Å². The molecule has 0 aliphatic rings. The number of hydrogen-bond acceptors (Lipinski definition) is 4. The van der Waals surface area contributed by atoms with Crippen molar-refractivity contribution in [1.82, 2.24) is 10.1 Å². The predicted octanol–water partition coefficient (Wildman–Crippen LogP) is 0.609. The Morgan fingerprint density at radius 3 is 1.81 bits per heavy atom. The summed E-state index contributed by atoms with van der Waals surface area (Å²) in [6, 6.07) is 5.91. The van der Waals surface area contributed by atoms with Crippen molar-refractivity contribution in [2.45, 2.75) is 0 Å². The van der Waals surface area contributed by atoms with Crippen molar-refractivity contribution in [2.24, 2.45) is 0 Å². The van der Waals surface area contributed by atoms with Crippen LogP contribution in [0.15, 0.2) is 24.3 Å². The van der Waals surface area contributed by atoms with Crippen molar-refractivity contribution in [1.29, 1.82) is 0 Å². The van der Waals surface area contributed by atoms with Gasteiger partial charge >= 0.3 is 5.91 Å². The van der Waals surface area contributed by atoms with Gasteiger partial charge in [0.2, 0.25) is 0 Å². The molecule has 0 saturated heterocycles. The first-order valence-corrected chi connectivity index (χ1v) is 4.48. The van der Waals surface area contributed by atoms with Crippen LogP contribution in [0.2, 0.25) is 0 Å². The number of amides is 2. The van der Waals surface area contributed by atoms with Crippen molar-refractivity contribution in [3.63, 3.8) is 0 Å². The molecule has 0 aliphatic carbocycles. The fraction of sp³-hybridized carbons (Fsp3) is 0.200. The standard InChI is InChI=1S/C10H12N2O4/c1-11(2)9(13)7-5-3-4-6-8(7)10(14)12(15)16/h3-6,15-16H,1-2H3. The van der Waals surface area contributed by atoms with Gasteiger partial charge in [-0.05, 0) is 12.1 Å². The molecule has 2 N–H and O–H groups in total. The van der Waals surface area contributed by atoms with Crippen molar-refractivity contribution >= 4 is 11.8 Å². The Bertz CT molecular complexity index is 376. The first kappa shape index (κ1) is 12.2. The van der Waals surface area contributed by atoms with E-state index in [2.05, 4.69) is 0 Å². The Hall–Kier alpha value is -1.92. The van der Waals surface area contributed by atoms with Crippen LogP contribution in [-0.2, 0) is 0 Å². The molecule has 0 aromatic heterocycles. The van der Waals surface area contributed by atoms with Crippen molar-refractivity contribution < 1.29 is 20.0 Å². The van der Waals surface area contributed by atoms with E-state index in [1.54, 1.807) is 20.2 Å². The maximum atomic E-state index is 11.7. The van der Waals surface area contributed by atoms with Crippen LogP contribution in [0.5, 0.6) is 0 Å². The second-order valence-corrected chi connectivity index (χ2v) is 3.34. The summed E-state index contributed by atoms with van der Waals surface area (Å²) in [5, 5.41) is 16.7. The van der Waals surface area contributed by atoms with Crippen molar-refractivity contribution in [3.05, 3.63) is 35.4 Å². The highest BCUT2D eigenvalue weighted by Crippen LogP contribution is 2.12. The highest BCUT2D eigenvalue weighted by molar-refractivity contribution is 6.06. The molecule has 1 aromatic carbocycles. The Morgan fingerprint density at radius 2 is 1.44 bits per heavy atom. The molecule has 6 heteroatoms. The lowest BCUT2D eigenvalue weighted by Crippen LogP contribution is -2.28. The summed E-state index contributed by atoms with van der Waals surface area (Å²) in [6.07, 6.45) is 0. The molecule has 0 fully saturated rings. The highest BCUT2D eigenvalue weighted by atomic mass is 16.8. The first-order valence-electron chi connectivity index (χ1n) is 4.48. The number of nitrogens with zero attached hydrogens (tertiary/aromatic N) is 2. The lowest BCUT2D eigenvalue weighted by molar-refractivity contribution is -0.260. The number of benzene rings is 1. The van der Waals surface area contributed by atoms with Gasteiger partial charge < -0.3 is 4.90 Å². The van der Waals surface area contributed by atoms with E-state index >= 15 is 0 Å². The minimum Gasteiger partial charge on any atom is -0.345 e. The van der Waals surface area contributed by atoms with E-state index in [9.17, 15) is 9.59 Å². The Kier molecular flexibility index (Phi) is 3.60. The number of carbonyl (C=O) groups excluding carboxylic acids is 2. The van der Waals surface area contributed by atoms with Gasteiger partial charge in [-0.1, -0.05) is 17.4 Å². The van der Waals surface area contributed by atoms with Crippen LogP contribution in [0, 0.1) is 0 Å². The van der Waals surface area contributed by atoms with Gasteiger partial charge in [-0.25, -0.2) is 0 Å². The summed E-state index contributed by atoms with van der Waals surface area (Å²) in [6.45, 7) is 0. The zero-order valence-corrected chi connectivity index (χ0v) is 8.91. The van der Waals surface area contributed by atoms with E-state index < -0.39 is 11.1 Å². The smallest absolute Gasteiger partial charge is 0.304 e. The van der Waals surface area contributed by atoms with Gasteiger partial charge in [0.05, 0.1) is 11.1 Å². The number of rotatable bonds is 2. The Balaban J connectivity index is 3.20. The Morgan fingerprint density at radius 1 is 1.00 bits per heavy atom. The second kappa shape index (κ2) is 4.73. The number of hydroxylamine groups is 2. The first-order chi connectivity index (χ1) is 7.45. The Labute approximate surface area is 92.2 Å². The molecule has 2 amide bonds. The monoisotopic (exact) mass is 224 g/mol. The largest absolute Gasteiger partial charge is 0.345 e. The SMILES string of the molecule is CN(C)C(=O)c1ccccc1C(=O)N(O)O. The average molecular weight is 224 g/mol. The third kappa shape index (κ3) is 2.36. The third-order valence-corrected chi connectivity index (χ3v) is 1.98. The quantitative estimate of drug-likeness (QED) is 0.569. The topological polar surface area (TPSA) is 81.1 Å². The molecule has 16 heavy (non-hydrogen) atoms. The van der Waals surface area contributed by atoms with Crippen LogP contribution < -0.4 is 0 Å². The summed E-state index contributed by atoms with van der Waals surface area (Å²) in [5.41, 5.74) is 0.0526. The summed E-state index contributed by atoms with van der Waals surface area (Å²) in [7, 11) is 3.08.